The van der Waals surface area contributed by atoms with Crippen molar-refractivity contribution in [2.24, 2.45) is 11.8 Å². The number of aliphatic carboxylic acids is 1. The molecule has 102 valence electrons. The number of carbonyl (C=O) groups is 2. The third-order valence-corrected chi connectivity index (χ3v) is 5.17. The maximum absolute atomic E-state index is 12.6. The molecule has 3 fully saturated rings. The number of likely N-dealkylation sites (tertiary alicyclic amines) is 1. The van der Waals surface area contributed by atoms with Crippen LogP contribution in [-0.4, -0.2) is 41.1 Å². The minimum Gasteiger partial charge on any atom is -0.550 e. The van der Waals surface area contributed by atoms with Gasteiger partial charge in [0.05, 0.1) is 18.6 Å². The molecule has 1 amide bonds. The smallest absolute Gasteiger partial charge is 0.230 e. The van der Waals surface area contributed by atoms with Crippen LogP contribution in [0.25, 0.3) is 0 Å². The van der Waals surface area contributed by atoms with Gasteiger partial charge in [0.1, 0.15) is 5.60 Å². The summed E-state index contributed by atoms with van der Waals surface area (Å²) >= 11 is 0. The van der Waals surface area contributed by atoms with Gasteiger partial charge in [-0.2, -0.15) is 0 Å². The summed E-state index contributed by atoms with van der Waals surface area (Å²) < 4.78 is 5.82. The molecule has 1 saturated carbocycles. The number of ether oxygens (including phenoxy) is 1. The van der Waals surface area contributed by atoms with E-state index in [1.54, 1.807) is 6.08 Å². The van der Waals surface area contributed by atoms with Crippen LogP contribution in [0.5, 0.6) is 0 Å². The Bertz CT molecular complexity index is 482. The summed E-state index contributed by atoms with van der Waals surface area (Å²) in [5, 5.41) is 11.3. The topological polar surface area (TPSA) is 69.7 Å². The predicted molar refractivity (Wildman–Crippen MR) is 62.7 cm³/mol. The fourth-order valence-corrected chi connectivity index (χ4v) is 4.32. The molecule has 19 heavy (non-hydrogen) atoms. The Hall–Kier alpha value is -1.36. The lowest BCUT2D eigenvalue weighted by molar-refractivity contribution is -0.313. The van der Waals surface area contributed by atoms with E-state index in [2.05, 4.69) is 0 Å². The SMILES string of the molecule is O=C([O-])[C@@H]1[C@H]2C(=O)N(C3CCCC3)C[C@]23C=C[C@H]1O3. The molecule has 0 aromatic rings. The highest BCUT2D eigenvalue weighted by Crippen LogP contribution is 2.52. The van der Waals surface area contributed by atoms with E-state index in [1.807, 2.05) is 11.0 Å². The van der Waals surface area contributed by atoms with Gasteiger partial charge in [-0.15, -0.1) is 0 Å². The molecule has 5 heteroatoms. The second-order valence-electron chi connectivity index (χ2n) is 6.12. The Morgan fingerprint density at radius 1 is 1.42 bits per heavy atom. The molecule has 3 aliphatic heterocycles. The number of hydrogen-bond acceptors (Lipinski definition) is 4. The number of hydrogen-bond donors (Lipinski definition) is 0. The normalized spacial score (nSPS) is 44.3. The highest BCUT2D eigenvalue weighted by molar-refractivity contribution is 5.90. The summed E-state index contributed by atoms with van der Waals surface area (Å²) in [7, 11) is 0. The summed E-state index contributed by atoms with van der Waals surface area (Å²) in [6, 6.07) is 0.269. The fraction of sp³-hybridized carbons (Fsp3) is 0.714. The van der Waals surface area contributed by atoms with Crippen molar-refractivity contribution < 1.29 is 19.4 Å². The van der Waals surface area contributed by atoms with Crippen LogP contribution < -0.4 is 5.11 Å². The van der Waals surface area contributed by atoms with E-state index in [1.165, 1.54) is 0 Å². The van der Waals surface area contributed by atoms with E-state index in [0.717, 1.165) is 25.7 Å². The Morgan fingerprint density at radius 3 is 2.84 bits per heavy atom. The monoisotopic (exact) mass is 262 g/mol. The fourth-order valence-electron chi connectivity index (χ4n) is 4.32. The van der Waals surface area contributed by atoms with Crippen LogP contribution in [0, 0.1) is 11.8 Å². The van der Waals surface area contributed by atoms with Crippen molar-refractivity contribution in [2.75, 3.05) is 6.54 Å². The van der Waals surface area contributed by atoms with Crippen molar-refractivity contribution in [3.05, 3.63) is 12.2 Å². The molecule has 3 heterocycles. The minimum absolute atomic E-state index is 0.0482. The van der Waals surface area contributed by atoms with Crippen LogP contribution in [0.2, 0.25) is 0 Å². The summed E-state index contributed by atoms with van der Waals surface area (Å²) in [4.78, 5) is 25.8. The van der Waals surface area contributed by atoms with Crippen molar-refractivity contribution in [2.45, 2.75) is 43.4 Å². The first-order chi connectivity index (χ1) is 9.12. The first kappa shape index (κ1) is 11.5. The summed E-state index contributed by atoms with van der Waals surface area (Å²) in [5.74, 6) is -2.60. The van der Waals surface area contributed by atoms with E-state index >= 15 is 0 Å². The van der Waals surface area contributed by atoms with Gasteiger partial charge in [0.25, 0.3) is 0 Å². The van der Waals surface area contributed by atoms with E-state index in [0.29, 0.717) is 6.54 Å². The number of nitrogens with zero attached hydrogens (tertiary/aromatic N) is 1. The van der Waals surface area contributed by atoms with Gasteiger partial charge in [-0.1, -0.05) is 25.0 Å². The average Bonchev–Trinajstić information content (AvgIpc) is 3.09. The lowest BCUT2D eigenvalue weighted by Gasteiger charge is -2.27. The Morgan fingerprint density at radius 2 is 2.16 bits per heavy atom. The molecule has 1 spiro atoms. The molecule has 1 aliphatic carbocycles. The molecule has 0 aromatic carbocycles. The summed E-state index contributed by atoms with van der Waals surface area (Å²) in [6.07, 6.45) is 7.54. The summed E-state index contributed by atoms with van der Waals surface area (Å²) in [6.45, 7) is 0.512. The molecule has 2 bridgehead atoms. The Labute approximate surface area is 111 Å². The lowest BCUT2D eigenvalue weighted by Crippen LogP contribution is -2.45. The quantitative estimate of drug-likeness (QED) is 0.627. The van der Waals surface area contributed by atoms with Crippen LogP contribution in [0.1, 0.15) is 25.7 Å². The Kier molecular flexibility index (Phi) is 2.17. The highest BCUT2D eigenvalue weighted by Gasteiger charge is 2.65. The van der Waals surface area contributed by atoms with Crippen LogP contribution >= 0.6 is 0 Å². The molecule has 0 radical (unpaired) electrons. The second kappa shape index (κ2) is 3.60. The first-order valence-corrected chi connectivity index (χ1v) is 7.01. The van der Waals surface area contributed by atoms with Gasteiger partial charge in [0, 0.05) is 17.9 Å². The third kappa shape index (κ3) is 1.34. The average molecular weight is 262 g/mol. The molecule has 0 N–H and O–H groups in total. The van der Waals surface area contributed by atoms with Gasteiger partial charge >= 0.3 is 0 Å². The van der Waals surface area contributed by atoms with Gasteiger partial charge in [-0.25, -0.2) is 0 Å². The molecule has 0 aromatic heterocycles. The minimum atomic E-state index is -1.16. The highest BCUT2D eigenvalue weighted by atomic mass is 16.5. The number of fused-ring (bicyclic) bond motifs is 1. The number of carboxylic acid groups (broad SMARTS) is 1. The number of carboxylic acids is 1. The van der Waals surface area contributed by atoms with Crippen molar-refractivity contribution in [1.82, 2.24) is 4.90 Å². The molecular formula is C14H16NO4-. The zero-order chi connectivity index (χ0) is 13.2. The maximum Gasteiger partial charge on any atom is 0.230 e. The zero-order valence-corrected chi connectivity index (χ0v) is 10.6. The van der Waals surface area contributed by atoms with Crippen LogP contribution in [0.15, 0.2) is 12.2 Å². The Balaban J connectivity index is 1.69. The van der Waals surface area contributed by atoms with Gasteiger partial charge in [-0.05, 0) is 12.8 Å². The second-order valence-corrected chi connectivity index (χ2v) is 6.12. The molecular weight excluding hydrogens is 246 g/mol. The van der Waals surface area contributed by atoms with Gasteiger partial charge < -0.3 is 19.5 Å². The molecule has 4 atom stereocenters. The maximum atomic E-state index is 12.6. The van der Waals surface area contributed by atoms with E-state index < -0.39 is 29.5 Å². The van der Waals surface area contributed by atoms with Gasteiger partial charge in [0.2, 0.25) is 5.91 Å². The summed E-state index contributed by atoms with van der Waals surface area (Å²) in [5.41, 5.74) is -0.699. The van der Waals surface area contributed by atoms with Gasteiger partial charge in [-0.3, -0.25) is 4.79 Å². The standard InChI is InChI=1S/C14H17NO4/c16-12-11-10(13(17)18)9-5-6-14(11,19-9)7-15(12)8-3-1-2-4-8/h5-6,8-11H,1-4,7H2,(H,17,18)/p-1/t9-,10+,11+,14-/m1/s1. The zero-order valence-electron chi connectivity index (χ0n) is 10.6. The van der Waals surface area contributed by atoms with Crippen LogP contribution in [0.4, 0.5) is 0 Å². The van der Waals surface area contributed by atoms with E-state index in [-0.39, 0.29) is 11.9 Å². The van der Waals surface area contributed by atoms with Crippen LogP contribution in [-0.2, 0) is 14.3 Å². The number of carbonyl (C=O) groups excluding carboxylic acids is 2. The molecule has 5 nitrogen and oxygen atoms in total. The predicted octanol–water partition coefficient (Wildman–Crippen LogP) is -0.539. The lowest BCUT2D eigenvalue weighted by atomic mass is 9.77. The number of rotatable bonds is 2. The molecule has 2 saturated heterocycles. The third-order valence-electron chi connectivity index (χ3n) is 5.17. The van der Waals surface area contributed by atoms with Crippen molar-refractivity contribution in [1.29, 1.82) is 0 Å². The van der Waals surface area contributed by atoms with E-state index in [4.69, 9.17) is 4.74 Å². The van der Waals surface area contributed by atoms with E-state index in [9.17, 15) is 14.7 Å². The van der Waals surface area contributed by atoms with Gasteiger partial charge in [0.15, 0.2) is 0 Å². The van der Waals surface area contributed by atoms with Crippen molar-refractivity contribution in [3.8, 4) is 0 Å². The molecule has 0 unspecified atom stereocenters. The number of amides is 1. The van der Waals surface area contributed by atoms with Crippen molar-refractivity contribution in [3.63, 3.8) is 0 Å². The largest absolute Gasteiger partial charge is 0.550 e. The molecule has 4 aliphatic rings. The molecule has 4 rings (SSSR count). The first-order valence-electron chi connectivity index (χ1n) is 7.01. The van der Waals surface area contributed by atoms with Crippen LogP contribution in [0.3, 0.4) is 0 Å². The van der Waals surface area contributed by atoms with Crippen molar-refractivity contribution >= 4 is 11.9 Å².